The largest absolute Gasteiger partial charge is 0.330 e. The van der Waals surface area contributed by atoms with Crippen LogP contribution in [0.25, 0.3) is 0 Å². The molecule has 20 heavy (non-hydrogen) atoms. The lowest BCUT2D eigenvalue weighted by Gasteiger charge is -2.38. The summed E-state index contributed by atoms with van der Waals surface area (Å²) in [6.45, 7) is 8.72. The lowest BCUT2D eigenvalue weighted by atomic mass is 9.87. The molecule has 2 rings (SSSR count). The molecule has 6 heteroatoms. The highest BCUT2D eigenvalue weighted by Gasteiger charge is 2.47. The number of nitrogens with one attached hydrogen (secondary N) is 1. The first kappa shape index (κ1) is 15.0. The molecule has 2 saturated heterocycles. The number of carbonyl (C=O) groups excluding carboxylic acids is 3. The first-order valence-electron chi connectivity index (χ1n) is 7.26. The van der Waals surface area contributed by atoms with E-state index < -0.39 is 17.4 Å². The van der Waals surface area contributed by atoms with E-state index in [1.165, 1.54) is 4.90 Å². The molecule has 4 amide bonds. The SMILES string of the molecule is CCN1CCC(CN2C(=O)NC(=O)C(C)(C)C2=O)CC1. The van der Waals surface area contributed by atoms with Gasteiger partial charge in [0, 0.05) is 6.54 Å². The predicted molar refractivity (Wildman–Crippen MR) is 73.9 cm³/mol. The maximum atomic E-state index is 12.3. The average molecular weight is 281 g/mol. The van der Waals surface area contributed by atoms with Crippen LogP contribution in [0.3, 0.4) is 0 Å². The monoisotopic (exact) mass is 281 g/mol. The molecule has 0 saturated carbocycles. The number of imide groups is 2. The van der Waals surface area contributed by atoms with E-state index in [1.807, 2.05) is 0 Å². The van der Waals surface area contributed by atoms with Gasteiger partial charge in [-0.2, -0.15) is 0 Å². The second-order valence-corrected chi connectivity index (χ2v) is 6.18. The minimum atomic E-state index is -1.15. The first-order valence-corrected chi connectivity index (χ1v) is 7.26. The summed E-state index contributed by atoms with van der Waals surface area (Å²) >= 11 is 0. The molecule has 2 heterocycles. The van der Waals surface area contributed by atoms with Gasteiger partial charge in [0.1, 0.15) is 5.41 Å². The Bertz CT molecular complexity index is 425. The van der Waals surface area contributed by atoms with Crippen molar-refractivity contribution in [2.24, 2.45) is 11.3 Å². The summed E-state index contributed by atoms with van der Waals surface area (Å²) in [5.74, 6) is -0.565. The van der Waals surface area contributed by atoms with Gasteiger partial charge in [0.25, 0.3) is 0 Å². The van der Waals surface area contributed by atoms with Gasteiger partial charge in [-0.05, 0) is 52.2 Å². The van der Waals surface area contributed by atoms with E-state index >= 15 is 0 Å². The second kappa shape index (κ2) is 5.52. The zero-order chi connectivity index (χ0) is 14.9. The number of hydrogen-bond acceptors (Lipinski definition) is 4. The molecule has 0 aromatic carbocycles. The van der Waals surface area contributed by atoms with E-state index in [-0.39, 0.29) is 5.91 Å². The molecule has 0 spiro atoms. The zero-order valence-electron chi connectivity index (χ0n) is 12.4. The van der Waals surface area contributed by atoms with Crippen molar-refractivity contribution in [3.05, 3.63) is 0 Å². The molecule has 0 unspecified atom stereocenters. The van der Waals surface area contributed by atoms with Crippen LogP contribution >= 0.6 is 0 Å². The number of nitrogens with zero attached hydrogens (tertiary/aromatic N) is 2. The lowest BCUT2D eigenvalue weighted by Crippen LogP contribution is -2.62. The molecule has 2 fully saturated rings. The standard InChI is InChI=1S/C14H23N3O3/c1-4-16-7-5-10(6-8-16)9-17-12(19)14(2,3)11(18)15-13(17)20/h10H,4-9H2,1-3H3,(H,15,18,20). The number of piperidine rings is 1. The van der Waals surface area contributed by atoms with Gasteiger partial charge in [0.2, 0.25) is 11.8 Å². The second-order valence-electron chi connectivity index (χ2n) is 6.18. The van der Waals surface area contributed by atoms with Gasteiger partial charge in [0.05, 0.1) is 0 Å². The van der Waals surface area contributed by atoms with Crippen LogP contribution in [0, 0.1) is 11.3 Å². The fourth-order valence-corrected chi connectivity index (χ4v) is 2.76. The number of carbonyl (C=O) groups is 3. The van der Waals surface area contributed by atoms with E-state index in [4.69, 9.17) is 0 Å². The Labute approximate surface area is 119 Å². The molecular formula is C14H23N3O3. The van der Waals surface area contributed by atoms with Crippen molar-refractivity contribution in [1.82, 2.24) is 15.1 Å². The van der Waals surface area contributed by atoms with E-state index in [2.05, 4.69) is 17.1 Å². The maximum Gasteiger partial charge on any atom is 0.330 e. The first-order chi connectivity index (χ1) is 9.36. The molecule has 0 aliphatic carbocycles. The van der Waals surface area contributed by atoms with Crippen molar-refractivity contribution in [2.45, 2.75) is 33.6 Å². The van der Waals surface area contributed by atoms with Crippen LogP contribution in [0.15, 0.2) is 0 Å². The van der Waals surface area contributed by atoms with Crippen molar-refractivity contribution in [3.8, 4) is 0 Å². The molecule has 0 atom stereocenters. The quantitative estimate of drug-likeness (QED) is 0.778. The Morgan fingerprint density at radius 2 is 1.80 bits per heavy atom. The Hall–Kier alpha value is -1.43. The molecular weight excluding hydrogens is 258 g/mol. The summed E-state index contributed by atoms with van der Waals surface area (Å²) < 4.78 is 0. The molecule has 0 aromatic rings. The van der Waals surface area contributed by atoms with E-state index in [1.54, 1.807) is 13.8 Å². The van der Waals surface area contributed by atoms with Crippen LogP contribution in [0.1, 0.15) is 33.6 Å². The van der Waals surface area contributed by atoms with Gasteiger partial charge in [0.15, 0.2) is 0 Å². The fraction of sp³-hybridized carbons (Fsp3) is 0.786. The molecule has 2 aliphatic rings. The number of likely N-dealkylation sites (tertiary alicyclic amines) is 1. The van der Waals surface area contributed by atoms with Crippen LogP contribution < -0.4 is 5.32 Å². The molecule has 0 aromatic heterocycles. The molecule has 112 valence electrons. The van der Waals surface area contributed by atoms with Crippen molar-refractivity contribution in [3.63, 3.8) is 0 Å². The van der Waals surface area contributed by atoms with Gasteiger partial charge in [-0.1, -0.05) is 6.92 Å². The van der Waals surface area contributed by atoms with E-state index in [9.17, 15) is 14.4 Å². The van der Waals surface area contributed by atoms with Crippen LogP contribution in [-0.2, 0) is 9.59 Å². The van der Waals surface area contributed by atoms with Crippen molar-refractivity contribution < 1.29 is 14.4 Å². The number of rotatable bonds is 3. The Kier molecular flexibility index (Phi) is 4.13. The smallest absolute Gasteiger partial charge is 0.304 e. The topological polar surface area (TPSA) is 69.7 Å². The summed E-state index contributed by atoms with van der Waals surface area (Å²) in [5.41, 5.74) is -1.15. The van der Waals surface area contributed by atoms with Crippen LogP contribution in [0.4, 0.5) is 4.79 Å². The Morgan fingerprint density at radius 3 is 2.35 bits per heavy atom. The van der Waals surface area contributed by atoms with Crippen molar-refractivity contribution >= 4 is 17.8 Å². The predicted octanol–water partition coefficient (Wildman–Crippen LogP) is 0.823. The highest BCUT2D eigenvalue weighted by atomic mass is 16.2. The summed E-state index contributed by atoms with van der Waals surface area (Å²) in [6.07, 6.45) is 1.97. The normalized spacial score (nSPS) is 24.9. The van der Waals surface area contributed by atoms with E-state index in [0.717, 1.165) is 32.5 Å². The molecule has 1 N–H and O–H groups in total. The minimum absolute atomic E-state index is 0.330. The minimum Gasteiger partial charge on any atom is -0.304 e. The maximum absolute atomic E-state index is 12.3. The van der Waals surface area contributed by atoms with Gasteiger partial charge in [-0.25, -0.2) is 4.79 Å². The summed E-state index contributed by atoms with van der Waals surface area (Å²) in [5, 5.41) is 2.28. The molecule has 0 radical (unpaired) electrons. The van der Waals surface area contributed by atoms with Crippen LogP contribution in [-0.4, -0.2) is 53.8 Å². The van der Waals surface area contributed by atoms with Gasteiger partial charge in [-0.15, -0.1) is 0 Å². The van der Waals surface area contributed by atoms with Crippen molar-refractivity contribution in [2.75, 3.05) is 26.2 Å². The number of amides is 4. The third kappa shape index (κ3) is 2.70. The highest BCUT2D eigenvalue weighted by Crippen LogP contribution is 2.26. The third-order valence-electron chi connectivity index (χ3n) is 4.41. The van der Waals surface area contributed by atoms with E-state index in [0.29, 0.717) is 12.5 Å². The third-order valence-corrected chi connectivity index (χ3v) is 4.41. The number of hydrogen-bond donors (Lipinski definition) is 1. The van der Waals surface area contributed by atoms with Gasteiger partial charge in [-0.3, -0.25) is 19.8 Å². The van der Waals surface area contributed by atoms with Gasteiger partial charge < -0.3 is 4.90 Å². The number of urea groups is 1. The van der Waals surface area contributed by atoms with Crippen LogP contribution in [0.5, 0.6) is 0 Å². The molecule has 2 aliphatic heterocycles. The fourth-order valence-electron chi connectivity index (χ4n) is 2.76. The molecule has 0 bridgehead atoms. The Balaban J connectivity index is 2.00. The average Bonchev–Trinajstić information content (AvgIpc) is 2.43. The van der Waals surface area contributed by atoms with Crippen molar-refractivity contribution in [1.29, 1.82) is 0 Å². The summed E-state index contributed by atoms with van der Waals surface area (Å²) in [4.78, 5) is 39.4. The van der Waals surface area contributed by atoms with Crippen LogP contribution in [0.2, 0.25) is 0 Å². The summed E-state index contributed by atoms with van der Waals surface area (Å²) in [7, 11) is 0. The molecule has 6 nitrogen and oxygen atoms in total. The van der Waals surface area contributed by atoms with Gasteiger partial charge >= 0.3 is 6.03 Å². The lowest BCUT2D eigenvalue weighted by molar-refractivity contribution is -0.149. The Morgan fingerprint density at radius 1 is 1.20 bits per heavy atom. The summed E-state index contributed by atoms with van der Waals surface area (Å²) in [6, 6.07) is -0.572. The zero-order valence-corrected chi connectivity index (χ0v) is 12.4. The number of barbiturate groups is 1. The highest BCUT2D eigenvalue weighted by molar-refractivity contribution is 6.18.